The number of carbonyl (C=O) groups excluding carboxylic acids is 1. The maximum atomic E-state index is 12.9. The molecule has 1 N–H and O–H groups in total. The molecule has 1 aliphatic heterocycles. The summed E-state index contributed by atoms with van der Waals surface area (Å²) in [6, 6.07) is 19.5. The van der Waals surface area contributed by atoms with Gasteiger partial charge in [-0.1, -0.05) is 54.1 Å². The third kappa shape index (κ3) is 4.60. The quantitative estimate of drug-likeness (QED) is 0.461. The normalized spacial score (nSPS) is 14.6. The van der Waals surface area contributed by atoms with Crippen LogP contribution in [0.1, 0.15) is 16.2 Å². The lowest BCUT2D eigenvalue weighted by Crippen LogP contribution is -2.48. The summed E-state index contributed by atoms with van der Waals surface area (Å²) in [5.74, 6) is -0.00184. The van der Waals surface area contributed by atoms with Crippen molar-refractivity contribution in [2.24, 2.45) is 0 Å². The monoisotopic (exact) mass is 463 g/mol. The van der Waals surface area contributed by atoms with Gasteiger partial charge in [-0.2, -0.15) is 5.10 Å². The average Bonchev–Trinajstić information content (AvgIpc) is 3.51. The van der Waals surface area contributed by atoms with Crippen molar-refractivity contribution >= 4 is 28.8 Å². The minimum Gasteiger partial charge on any atom is -0.335 e. The zero-order valence-corrected chi connectivity index (χ0v) is 18.9. The molecule has 0 aliphatic carbocycles. The van der Waals surface area contributed by atoms with Crippen molar-refractivity contribution in [3.63, 3.8) is 0 Å². The Balaban J connectivity index is 1.17. The summed E-state index contributed by atoms with van der Waals surface area (Å²) in [4.78, 5) is 21.9. The van der Waals surface area contributed by atoms with Crippen molar-refractivity contribution in [2.75, 3.05) is 26.2 Å². The maximum Gasteiger partial charge on any atom is 0.271 e. The molecule has 162 valence electrons. The first-order chi connectivity index (χ1) is 15.7. The largest absolute Gasteiger partial charge is 0.335 e. The van der Waals surface area contributed by atoms with E-state index in [0.717, 1.165) is 52.2 Å². The molecule has 0 atom stereocenters. The van der Waals surface area contributed by atoms with Crippen LogP contribution in [0.4, 0.5) is 0 Å². The Hall–Kier alpha value is -3.00. The predicted molar refractivity (Wildman–Crippen MR) is 128 cm³/mol. The van der Waals surface area contributed by atoms with Gasteiger partial charge in [-0.3, -0.25) is 14.8 Å². The molecule has 0 unspecified atom stereocenters. The van der Waals surface area contributed by atoms with Gasteiger partial charge in [-0.25, -0.2) is 4.98 Å². The lowest BCUT2D eigenvalue weighted by Gasteiger charge is -2.34. The Labute approximate surface area is 195 Å². The highest BCUT2D eigenvalue weighted by Crippen LogP contribution is 2.26. The van der Waals surface area contributed by atoms with Crippen LogP contribution in [-0.4, -0.2) is 57.1 Å². The fraction of sp³-hybridized carbons (Fsp3) is 0.208. The number of piperazine rings is 1. The molecule has 32 heavy (non-hydrogen) atoms. The zero-order chi connectivity index (χ0) is 21.9. The summed E-state index contributed by atoms with van der Waals surface area (Å²) in [6.45, 7) is 3.80. The van der Waals surface area contributed by atoms with Gasteiger partial charge in [0.25, 0.3) is 5.91 Å². The highest BCUT2D eigenvalue weighted by Gasteiger charge is 2.24. The van der Waals surface area contributed by atoms with Crippen molar-refractivity contribution in [2.45, 2.75) is 6.54 Å². The Morgan fingerprint density at radius 3 is 2.50 bits per heavy atom. The molecule has 1 amide bonds. The number of benzene rings is 2. The molecule has 0 saturated carbocycles. The van der Waals surface area contributed by atoms with Crippen LogP contribution in [0, 0.1) is 0 Å². The van der Waals surface area contributed by atoms with Crippen LogP contribution in [0.2, 0.25) is 5.02 Å². The van der Waals surface area contributed by atoms with Crippen molar-refractivity contribution in [3.8, 4) is 21.8 Å². The molecular weight excluding hydrogens is 442 g/mol. The number of hydrogen-bond donors (Lipinski definition) is 1. The van der Waals surface area contributed by atoms with E-state index in [1.54, 1.807) is 11.3 Å². The second-order valence-corrected chi connectivity index (χ2v) is 9.05. The first-order valence-corrected chi connectivity index (χ1v) is 11.7. The van der Waals surface area contributed by atoms with Crippen molar-refractivity contribution < 1.29 is 4.79 Å². The Morgan fingerprint density at radius 2 is 1.75 bits per heavy atom. The van der Waals surface area contributed by atoms with Crippen LogP contribution in [0.25, 0.3) is 21.8 Å². The van der Waals surface area contributed by atoms with Gasteiger partial charge < -0.3 is 4.90 Å². The van der Waals surface area contributed by atoms with Crippen LogP contribution in [0.3, 0.4) is 0 Å². The number of thiazole rings is 1. The van der Waals surface area contributed by atoms with Crippen LogP contribution >= 0.6 is 22.9 Å². The number of aromatic amines is 1. The molecule has 6 nitrogen and oxygen atoms in total. The Morgan fingerprint density at radius 1 is 1.00 bits per heavy atom. The molecule has 3 heterocycles. The smallest absolute Gasteiger partial charge is 0.271 e. The van der Waals surface area contributed by atoms with Crippen molar-refractivity contribution in [1.82, 2.24) is 25.0 Å². The van der Waals surface area contributed by atoms with Gasteiger partial charge in [-0.15, -0.1) is 11.3 Å². The molecule has 4 aromatic rings. The van der Waals surface area contributed by atoms with Crippen LogP contribution < -0.4 is 0 Å². The number of H-pyrrole nitrogens is 1. The summed E-state index contributed by atoms with van der Waals surface area (Å²) in [6.07, 6.45) is 0. The first kappa shape index (κ1) is 20.9. The number of aromatic nitrogens is 3. The number of carbonyl (C=O) groups is 1. The summed E-state index contributed by atoms with van der Waals surface area (Å²) >= 11 is 7.62. The van der Waals surface area contributed by atoms with E-state index in [9.17, 15) is 4.79 Å². The molecule has 2 aromatic carbocycles. The minimum atomic E-state index is -0.00184. The standard InChI is InChI=1S/C24H22ClN5OS/c25-19-8-6-18(7-9-19)23-26-20(16-32-23)15-29-10-12-30(13-11-29)24(31)22-14-21(27-28-22)17-4-2-1-3-5-17/h1-9,14,16H,10-13,15H2,(H,27,28). The van der Waals surface area contributed by atoms with Crippen molar-refractivity contribution in [1.29, 1.82) is 0 Å². The lowest BCUT2D eigenvalue weighted by atomic mass is 10.1. The Bertz CT molecular complexity index is 1200. The van der Waals surface area contributed by atoms with E-state index >= 15 is 0 Å². The van der Waals surface area contributed by atoms with E-state index in [1.807, 2.05) is 65.6 Å². The number of nitrogens with one attached hydrogen (secondary N) is 1. The summed E-state index contributed by atoms with van der Waals surface area (Å²) < 4.78 is 0. The van der Waals surface area contributed by atoms with Gasteiger partial charge in [0.1, 0.15) is 10.7 Å². The molecular formula is C24H22ClN5OS. The fourth-order valence-electron chi connectivity index (χ4n) is 3.80. The van der Waals surface area contributed by atoms with E-state index < -0.39 is 0 Å². The second-order valence-electron chi connectivity index (χ2n) is 7.75. The van der Waals surface area contributed by atoms with Gasteiger partial charge in [0.2, 0.25) is 0 Å². The maximum absolute atomic E-state index is 12.9. The highest BCUT2D eigenvalue weighted by atomic mass is 35.5. The summed E-state index contributed by atoms with van der Waals surface area (Å²) in [7, 11) is 0. The van der Waals surface area contributed by atoms with Gasteiger partial charge >= 0.3 is 0 Å². The SMILES string of the molecule is O=C(c1cc(-c2ccccc2)n[nH]1)N1CCN(Cc2csc(-c3ccc(Cl)cc3)n2)CC1. The zero-order valence-electron chi connectivity index (χ0n) is 17.4. The van der Waals surface area contributed by atoms with E-state index in [-0.39, 0.29) is 5.91 Å². The molecule has 0 radical (unpaired) electrons. The molecule has 2 aromatic heterocycles. The van der Waals surface area contributed by atoms with Crippen LogP contribution in [0.15, 0.2) is 66.0 Å². The van der Waals surface area contributed by atoms with Gasteiger partial charge in [0.15, 0.2) is 0 Å². The number of nitrogens with zero attached hydrogens (tertiary/aromatic N) is 4. The third-order valence-electron chi connectivity index (χ3n) is 5.57. The molecule has 1 saturated heterocycles. The van der Waals surface area contributed by atoms with Gasteiger partial charge in [0.05, 0.1) is 11.4 Å². The predicted octanol–water partition coefficient (Wildman–Crippen LogP) is 4.81. The van der Waals surface area contributed by atoms with Crippen molar-refractivity contribution in [3.05, 3.63) is 82.5 Å². The lowest BCUT2D eigenvalue weighted by molar-refractivity contribution is 0.0621. The van der Waals surface area contributed by atoms with E-state index in [1.165, 1.54) is 0 Å². The Kier molecular flexibility index (Phi) is 6.03. The van der Waals surface area contributed by atoms with Crippen LogP contribution in [0.5, 0.6) is 0 Å². The molecule has 1 aliphatic rings. The number of rotatable bonds is 5. The fourth-order valence-corrected chi connectivity index (χ4v) is 4.74. The molecule has 5 rings (SSSR count). The first-order valence-electron chi connectivity index (χ1n) is 10.5. The van der Waals surface area contributed by atoms with E-state index in [0.29, 0.717) is 18.8 Å². The van der Waals surface area contributed by atoms with Crippen LogP contribution in [-0.2, 0) is 6.54 Å². The molecule has 0 spiro atoms. The topological polar surface area (TPSA) is 65.1 Å². The number of hydrogen-bond acceptors (Lipinski definition) is 5. The van der Waals surface area contributed by atoms with E-state index in [2.05, 4.69) is 20.5 Å². The average molecular weight is 464 g/mol. The summed E-state index contributed by atoms with van der Waals surface area (Å²) in [5, 5.41) is 11.0. The van der Waals surface area contributed by atoms with Gasteiger partial charge in [-0.05, 0) is 18.2 Å². The van der Waals surface area contributed by atoms with E-state index in [4.69, 9.17) is 16.6 Å². The highest BCUT2D eigenvalue weighted by molar-refractivity contribution is 7.13. The summed E-state index contributed by atoms with van der Waals surface area (Å²) in [5.41, 5.74) is 4.45. The second kappa shape index (κ2) is 9.24. The third-order valence-corrected chi connectivity index (χ3v) is 6.76. The molecule has 8 heteroatoms. The number of halogens is 1. The number of amides is 1. The minimum absolute atomic E-state index is 0.00184. The van der Waals surface area contributed by atoms with Gasteiger partial charge in [0, 0.05) is 54.3 Å². The molecule has 0 bridgehead atoms. The molecule has 1 fully saturated rings.